The van der Waals surface area contributed by atoms with Gasteiger partial charge in [0, 0.05) is 21.5 Å². The van der Waals surface area contributed by atoms with Crippen LogP contribution in [0.3, 0.4) is 0 Å². The predicted octanol–water partition coefficient (Wildman–Crippen LogP) is 6.90. The fourth-order valence-electron chi connectivity index (χ4n) is 3.14. The van der Waals surface area contributed by atoms with Crippen LogP contribution in [0.1, 0.15) is 20.7 Å². The van der Waals surface area contributed by atoms with Crippen molar-refractivity contribution >= 4 is 57.5 Å². The lowest BCUT2D eigenvalue weighted by Gasteiger charge is -2.11. The predicted molar refractivity (Wildman–Crippen MR) is 123 cm³/mol. The number of benzene rings is 3. The second-order valence-electron chi connectivity index (χ2n) is 6.68. The fraction of sp³-hybridized carbons (Fsp3) is 0.0417. The lowest BCUT2D eigenvalue weighted by atomic mass is 10.0. The number of ether oxygens (including phenoxy) is 1. The molecule has 154 valence electrons. The quantitative estimate of drug-likeness (QED) is 0.235. The first-order valence-electron chi connectivity index (χ1n) is 9.24. The molecule has 4 nitrogen and oxygen atoms in total. The molecule has 0 saturated heterocycles. The van der Waals surface area contributed by atoms with Crippen LogP contribution < -0.4 is 0 Å². The van der Waals surface area contributed by atoms with Crippen molar-refractivity contribution in [1.29, 1.82) is 0 Å². The summed E-state index contributed by atoms with van der Waals surface area (Å²) in [7, 11) is 0. The maximum atomic E-state index is 12.9. The Bertz CT molecular complexity index is 1310. The number of fused-ring (bicyclic) bond motifs is 1. The summed E-state index contributed by atoms with van der Waals surface area (Å²) in [5, 5.41) is 1.55. The number of ketones is 1. The molecule has 0 aliphatic rings. The van der Waals surface area contributed by atoms with E-state index in [-0.39, 0.29) is 16.1 Å². The average molecular weight is 471 g/mol. The monoisotopic (exact) mass is 469 g/mol. The first kappa shape index (κ1) is 21.3. The van der Waals surface area contributed by atoms with Gasteiger partial charge in [0.2, 0.25) is 5.78 Å². The van der Waals surface area contributed by atoms with Gasteiger partial charge in [-0.1, -0.05) is 77.3 Å². The van der Waals surface area contributed by atoms with E-state index in [4.69, 9.17) is 39.5 Å². The van der Waals surface area contributed by atoms with Gasteiger partial charge in [0.25, 0.3) is 0 Å². The standard InChI is InChI=1S/C24H14Cl3NO3/c25-15-9-10-17(20(27)11-15)22(29)13-31-24(30)18-12-21(14-5-2-1-3-6-14)28-23-16(18)7-4-8-19(23)26/h1-12H,13H2. The number of halogens is 3. The van der Waals surface area contributed by atoms with E-state index >= 15 is 0 Å². The highest BCUT2D eigenvalue weighted by Gasteiger charge is 2.19. The molecule has 0 aliphatic carbocycles. The normalized spacial score (nSPS) is 10.8. The summed E-state index contributed by atoms with van der Waals surface area (Å²) in [5.41, 5.74) is 2.36. The molecular weight excluding hydrogens is 457 g/mol. The molecule has 0 amide bonds. The van der Waals surface area contributed by atoms with Gasteiger partial charge in [-0.2, -0.15) is 0 Å². The smallest absolute Gasteiger partial charge is 0.339 e. The molecule has 3 aromatic carbocycles. The van der Waals surface area contributed by atoms with Gasteiger partial charge in [-0.05, 0) is 30.3 Å². The van der Waals surface area contributed by atoms with E-state index in [9.17, 15) is 9.59 Å². The summed E-state index contributed by atoms with van der Waals surface area (Å²) in [4.78, 5) is 30.0. The summed E-state index contributed by atoms with van der Waals surface area (Å²) < 4.78 is 5.32. The molecule has 0 saturated carbocycles. The third-order valence-corrected chi connectivity index (χ3v) is 5.50. The number of esters is 1. The van der Waals surface area contributed by atoms with E-state index in [0.29, 0.717) is 26.6 Å². The van der Waals surface area contributed by atoms with Crippen molar-refractivity contribution in [3.8, 4) is 11.3 Å². The van der Waals surface area contributed by atoms with E-state index in [1.54, 1.807) is 30.3 Å². The van der Waals surface area contributed by atoms with Crippen molar-refractivity contribution in [2.75, 3.05) is 6.61 Å². The second-order valence-corrected chi connectivity index (χ2v) is 7.93. The molecule has 7 heteroatoms. The first-order chi connectivity index (χ1) is 14.9. The number of carbonyl (C=O) groups is 2. The highest BCUT2D eigenvalue weighted by molar-refractivity contribution is 6.37. The lowest BCUT2D eigenvalue weighted by Crippen LogP contribution is -2.15. The number of Topliss-reactive ketones (excluding diaryl/α,β-unsaturated/α-hetero) is 1. The molecule has 4 rings (SSSR count). The van der Waals surface area contributed by atoms with Crippen LogP contribution in [0.5, 0.6) is 0 Å². The number of carbonyl (C=O) groups excluding carboxylic acids is 2. The Morgan fingerprint density at radius 1 is 0.806 bits per heavy atom. The van der Waals surface area contributed by atoms with E-state index in [0.717, 1.165) is 5.56 Å². The maximum Gasteiger partial charge on any atom is 0.339 e. The van der Waals surface area contributed by atoms with Crippen LogP contribution in [0.25, 0.3) is 22.2 Å². The van der Waals surface area contributed by atoms with Gasteiger partial charge < -0.3 is 4.74 Å². The second kappa shape index (κ2) is 9.06. The van der Waals surface area contributed by atoms with Gasteiger partial charge >= 0.3 is 5.97 Å². The van der Waals surface area contributed by atoms with E-state index in [1.807, 2.05) is 30.3 Å². The van der Waals surface area contributed by atoms with Gasteiger partial charge in [-0.25, -0.2) is 9.78 Å². The summed E-state index contributed by atoms with van der Waals surface area (Å²) in [6, 6.07) is 20.7. The zero-order valence-electron chi connectivity index (χ0n) is 15.9. The van der Waals surface area contributed by atoms with Crippen LogP contribution >= 0.6 is 34.8 Å². The van der Waals surface area contributed by atoms with Gasteiger partial charge in [0.15, 0.2) is 6.61 Å². The molecule has 0 spiro atoms. The zero-order chi connectivity index (χ0) is 22.0. The summed E-state index contributed by atoms with van der Waals surface area (Å²) in [6.45, 7) is -0.467. The molecule has 0 atom stereocenters. The number of hydrogen-bond donors (Lipinski definition) is 0. The van der Waals surface area contributed by atoms with Crippen molar-refractivity contribution in [3.05, 3.63) is 99.0 Å². The summed E-state index contributed by atoms with van der Waals surface area (Å²) in [6.07, 6.45) is 0. The molecule has 0 N–H and O–H groups in total. The van der Waals surface area contributed by atoms with Crippen LogP contribution in [0.2, 0.25) is 15.1 Å². The van der Waals surface area contributed by atoms with Crippen LogP contribution in [0, 0.1) is 0 Å². The van der Waals surface area contributed by atoms with E-state index in [1.165, 1.54) is 12.1 Å². The Balaban J connectivity index is 1.67. The number of rotatable bonds is 5. The largest absolute Gasteiger partial charge is 0.454 e. The minimum Gasteiger partial charge on any atom is -0.454 e. The van der Waals surface area contributed by atoms with Crippen LogP contribution in [0.4, 0.5) is 0 Å². The molecule has 31 heavy (non-hydrogen) atoms. The number of nitrogens with zero attached hydrogens (tertiary/aromatic N) is 1. The number of para-hydroxylation sites is 1. The molecule has 1 aromatic heterocycles. The van der Waals surface area contributed by atoms with Crippen LogP contribution in [-0.2, 0) is 4.74 Å². The van der Waals surface area contributed by atoms with Crippen molar-refractivity contribution in [2.45, 2.75) is 0 Å². The Labute approximate surface area is 193 Å². The third kappa shape index (κ3) is 4.57. The van der Waals surface area contributed by atoms with Gasteiger partial charge in [-0.15, -0.1) is 0 Å². The molecule has 1 heterocycles. The van der Waals surface area contributed by atoms with E-state index < -0.39 is 18.4 Å². The minimum absolute atomic E-state index is 0.195. The van der Waals surface area contributed by atoms with Gasteiger partial charge in [0.1, 0.15) is 0 Å². The van der Waals surface area contributed by atoms with Crippen molar-refractivity contribution in [3.63, 3.8) is 0 Å². The lowest BCUT2D eigenvalue weighted by molar-refractivity contribution is 0.0476. The highest BCUT2D eigenvalue weighted by Crippen LogP contribution is 2.29. The molecule has 0 unspecified atom stereocenters. The number of aromatic nitrogens is 1. The number of pyridine rings is 1. The van der Waals surface area contributed by atoms with Crippen molar-refractivity contribution < 1.29 is 14.3 Å². The Hall–Kier alpha value is -2.92. The number of hydrogen-bond acceptors (Lipinski definition) is 4. The zero-order valence-corrected chi connectivity index (χ0v) is 18.2. The first-order valence-corrected chi connectivity index (χ1v) is 10.4. The van der Waals surface area contributed by atoms with Gasteiger partial charge in [-0.3, -0.25) is 4.79 Å². The molecule has 4 aromatic rings. The molecule has 0 bridgehead atoms. The van der Waals surface area contributed by atoms with Crippen molar-refractivity contribution in [1.82, 2.24) is 4.98 Å². The molecular formula is C24H14Cl3NO3. The third-order valence-electron chi connectivity index (χ3n) is 4.65. The average Bonchev–Trinajstić information content (AvgIpc) is 2.77. The Morgan fingerprint density at radius 2 is 1.58 bits per heavy atom. The fourth-order valence-corrected chi connectivity index (χ4v) is 3.87. The molecule has 0 radical (unpaired) electrons. The van der Waals surface area contributed by atoms with Gasteiger partial charge in [0.05, 0.1) is 26.8 Å². The topological polar surface area (TPSA) is 56.3 Å². The maximum absolute atomic E-state index is 12.9. The summed E-state index contributed by atoms with van der Waals surface area (Å²) >= 11 is 18.3. The summed E-state index contributed by atoms with van der Waals surface area (Å²) in [5.74, 6) is -1.10. The van der Waals surface area contributed by atoms with Crippen molar-refractivity contribution in [2.24, 2.45) is 0 Å². The Morgan fingerprint density at radius 3 is 2.32 bits per heavy atom. The minimum atomic E-state index is -0.662. The SMILES string of the molecule is O=C(COC(=O)c1cc(-c2ccccc2)nc2c(Cl)cccc12)c1ccc(Cl)cc1Cl. The molecule has 0 aliphatic heterocycles. The van der Waals surface area contributed by atoms with Crippen LogP contribution in [0.15, 0.2) is 72.8 Å². The highest BCUT2D eigenvalue weighted by atomic mass is 35.5. The van der Waals surface area contributed by atoms with E-state index in [2.05, 4.69) is 4.98 Å². The van der Waals surface area contributed by atoms with Crippen LogP contribution in [-0.4, -0.2) is 23.3 Å². The molecule has 0 fully saturated rings. The Kier molecular flexibility index (Phi) is 6.23.